The van der Waals surface area contributed by atoms with Crippen molar-refractivity contribution in [2.24, 2.45) is 5.41 Å². The van der Waals surface area contributed by atoms with Crippen LogP contribution >= 0.6 is 0 Å². The number of halogens is 2. The van der Waals surface area contributed by atoms with Crippen LogP contribution < -0.4 is 9.64 Å². The molecule has 1 heterocycles. The van der Waals surface area contributed by atoms with Crippen LogP contribution in [0.25, 0.3) is 0 Å². The van der Waals surface area contributed by atoms with Crippen molar-refractivity contribution in [3.63, 3.8) is 0 Å². The van der Waals surface area contributed by atoms with E-state index in [4.69, 9.17) is 4.74 Å². The zero-order chi connectivity index (χ0) is 18.5. The minimum atomic E-state index is -0.798. The lowest BCUT2D eigenvalue weighted by Gasteiger charge is -2.55. The SMILES string of the molecule is COc1ccc(F)cc1C1N(c2cccc(F)c2O)C(=O)C12CCCC2. The van der Waals surface area contributed by atoms with Crippen molar-refractivity contribution < 1.29 is 23.4 Å². The number of hydrogen-bond donors (Lipinski definition) is 1. The maximum atomic E-state index is 14.0. The molecule has 4 nitrogen and oxygen atoms in total. The first-order chi connectivity index (χ1) is 12.5. The summed E-state index contributed by atoms with van der Waals surface area (Å²) in [5.74, 6) is -1.50. The van der Waals surface area contributed by atoms with Crippen molar-refractivity contribution in [3.8, 4) is 11.5 Å². The van der Waals surface area contributed by atoms with Gasteiger partial charge in [-0.1, -0.05) is 18.9 Å². The van der Waals surface area contributed by atoms with Gasteiger partial charge in [0.25, 0.3) is 0 Å². The Morgan fingerprint density at radius 1 is 1.19 bits per heavy atom. The number of phenols is 1. The van der Waals surface area contributed by atoms with Crippen LogP contribution in [0.5, 0.6) is 11.5 Å². The Kier molecular flexibility index (Phi) is 3.86. The molecule has 136 valence electrons. The van der Waals surface area contributed by atoms with E-state index >= 15 is 0 Å². The summed E-state index contributed by atoms with van der Waals surface area (Å²) in [6, 6.07) is 7.75. The molecule has 1 aliphatic carbocycles. The molecule has 1 N–H and O–H groups in total. The molecule has 2 aromatic carbocycles. The van der Waals surface area contributed by atoms with Crippen molar-refractivity contribution in [1.82, 2.24) is 0 Å². The van der Waals surface area contributed by atoms with Gasteiger partial charge < -0.3 is 9.84 Å². The fraction of sp³-hybridized carbons (Fsp3) is 0.350. The van der Waals surface area contributed by atoms with Gasteiger partial charge in [-0.05, 0) is 43.2 Å². The van der Waals surface area contributed by atoms with Crippen molar-refractivity contribution in [1.29, 1.82) is 0 Å². The standard InChI is InChI=1S/C20H19F2NO3/c1-26-16-8-7-12(21)11-13(16)18-20(9-2-3-10-20)19(25)23(18)15-6-4-5-14(22)17(15)24/h4-8,11,18,24H,2-3,9-10H2,1H3. The van der Waals surface area contributed by atoms with E-state index in [0.717, 1.165) is 18.9 Å². The number of nitrogens with zero attached hydrogens (tertiary/aromatic N) is 1. The number of hydrogen-bond acceptors (Lipinski definition) is 3. The summed E-state index contributed by atoms with van der Waals surface area (Å²) in [7, 11) is 1.49. The normalized spacial score (nSPS) is 21.1. The maximum absolute atomic E-state index is 14.0. The molecule has 1 atom stereocenters. The van der Waals surface area contributed by atoms with Crippen molar-refractivity contribution >= 4 is 11.6 Å². The number of aromatic hydroxyl groups is 1. The second-order valence-corrected chi connectivity index (χ2v) is 6.93. The Bertz CT molecular complexity index is 877. The van der Waals surface area contributed by atoms with Crippen LogP contribution in [-0.4, -0.2) is 18.1 Å². The predicted octanol–water partition coefficient (Wildman–Crippen LogP) is 4.33. The van der Waals surface area contributed by atoms with Gasteiger partial charge >= 0.3 is 0 Å². The maximum Gasteiger partial charge on any atom is 0.236 e. The molecule has 1 unspecified atom stereocenters. The Morgan fingerprint density at radius 3 is 2.62 bits per heavy atom. The number of β-lactam (4-membered cyclic amide) rings is 1. The van der Waals surface area contributed by atoms with Gasteiger partial charge in [0.1, 0.15) is 11.6 Å². The molecule has 1 amide bonds. The van der Waals surface area contributed by atoms with Crippen LogP contribution in [-0.2, 0) is 4.79 Å². The van der Waals surface area contributed by atoms with Gasteiger partial charge in [-0.15, -0.1) is 0 Å². The van der Waals surface area contributed by atoms with Gasteiger partial charge in [0.15, 0.2) is 11.6 Å². The van der Waals surface area contributed by atoms with Gasteiger partial charge in [0.2, 0.25) is 5.91 Å². The number of anilines is 1. The minimum Gasteiger partial charge on any atom is -0.503 e. The zero-order valence-electron chi connectivity index (χ0n) is 14.3. The highest BCUT2D eigenvalue weighted by Gasteiger charge is 2.63. The molecule has 0 bridgehead atoms. The summed E-state index contributed by atoms with van der Waals surface area (Å²) in [5.41, 5.74) is -0.0127. The lowest BCUT2D eigenvalue weighted by Crippen LogP contribution is -2.62. The van der Waals surface area contributed by atoms with Gasteiger partial charge in [-0.25, -0.2) is 8.78 Å². The number of para-hydroxylation sites is 1. The largest absolute Gasteiger partial charge is 0.503 e. The molecule has 0 aromatic heterocycles. The van der Waals surface area contributed by atoms with Crippen LogP contribution in [0.4, 0.5) is 14.5 Å². The van der Waals surface area contributed by atoms with E-state index < -0.39 is 28.8 Å². The van der Waals surface area contributed by atoms with Crippen LogP contribution in [0.3, 0.4) is 0 Å². The number of phenolic OH excluding ortho intramolecular Hbond substituents is 1. The number of benzene rings is 2. The molecule has 1 saturated heterocycles. The van der Waals surface area contributed by atoms with Crippen LogP contribution in [0.15, 0.2) is 36.4 Å². The molecule has 2 fully saturated rings. The molecule has 6 heteroatoms. The first-order valence-corrected chi connectivity index (χ1v) is 8.64. The first kappa shape index (κ1) is 16.8. The van der Waals surface area contributed by atoms with Gasteiger partial charge in [0, 0.05) is 5.56 Å². The molecule has 1 spiro atoms. The Labute approximate surface area is 150 Å². The number of carbonyl (C=O) groups is 1. The average Bonchev–Trinajstić information content (AvgIpc) is 3.14. The van der Waals surface area contributed by atoms with Crippen LogP contribution in [0.1, 0.15) is 37.3 Å². The Balaban J connectivity index is 1.88. The summed E-state index contributed by atoms with van der Waals surface area (Å²) in [4.78, 5) is 14.5. The minimum absolute atomic E-state index is 0.101. The number of ether oxygens (including phenoxy) is 1. The van der Waals surface area contributed by atoms with E-state index in [0.29, 0.717) is 24.2 Å². The average molecular weight is 359 g/mol. The Hall–Kier alpha value is -2.63. The first-order valence-electron chi connectivity index (χ1n) is 8.64. The molecular weight excluding hydrogens is 340 g/mol. The third-order valence-corrected chi connectivity index (χ3v) is 5.63. The zero-order valence-corrected chi connectivity index (χ0v) is 14.3. The highest BCUT2D eigenvalue weighted by Crippen LogP contribution is 2.62. The molecule has 4 rings (SSSR count). The molecule has 1 saturated carbocycles. The lowest BCUT2D eigenvalue weighted by molar-refractivity contribution is -0.139. The van der Waals surface area contributed by atoms with Crippen LogP contribution in [0.2, 0.25) is 0 Å². The fourth-order valence-electron chi connectivity index (χ4n) is 4.45. The highest BCUT2D eigenvalue weighted by molar-refractivity contribution is 6.07. The van der Waals surface area contributed by atoms with E-state index in [-0.39, 0.29) is 11.6 Å². The lowest BCUT2D eigenvalue weighted by atomic mass is 9.66. The van der Waals surface area contributed by atoms with E-state index in [1.807, 2.05) is 0 Å². The van der Waals surface area contributed by atoms with E-state index in [2.05, 4.69) is 0 Å². The second kappa shape index (κ2) is 5.97. The summed E-state index contributed by atoms with van der Waals surface area (Å²) in [6.07, 6.45) is 3.18. The molecule has 2 aromatic rings. The summed E-state index contributed by atoms with van der Waals surface area (Å²) < 4.78 is 33.2. The van der Waals surface area contributed by atoms with E-state index in [1.54, 1.807) is 0 Å². The third-order valence-electron chi connectivity index (χ3n) is 5.63. The molecular formula is C20H19F2NO3. The number of carbonyl (C=O) groups excluding carboxylic acids is 1. The third kappa shape index (κ3) is 2.21. The smallest absolute Gasteiger partial charge is 0.236 e. The molecule has 26 heavy (non-hydrogen) atoms. The number of rotatable bonds is 3. The molecule has 0 radical (unpaired) electrons. The summed E-state index contributed by atoms with van der Waals surface area (Å²) in [6.45, 7) is 0. The van der Waals surface area contributed by atoms with Gasteiger partial charge in [-0.3, -0.25) is 9.69 Å². The molecule has 1 aliphatic heterocycles. The number of amides is 1. The van der Waals surface area contributed by atoms with Gasteiger partial charge in [0.05, 0.1) is 24.3 Å². The van der Waals surface area contributed by atoms with Crippen LogP contribution in [0, 0.1) is 17.0 Å². The highest BCUT2D eigenvalue weighted by atomic mass is 19.1. The predicted molar refractivity (Wildman–Crippen MR) is 92.1 cm³/mol. The van der Waals surface area contributed by atoms with Crippen molar-refractivity contribution in [2.45, 2.75) is 31.7 Å². The van der Waals surface area contributed by atoms with Crippen molar-refractivity contribution in [3.05, 3.63) is 53.6 Å². The van der Waals surface area contributed by atoms with E-state index in [9.17, 15) is 18.7 Å². The number of methoxy groups -OCH3 is 1. The summed E-state index contributed by atoms with van der Waals surface area (Å²) in [5, 5.41) is 10.2. The monoisotopic (exact) mass is 359 g/mol. The fourth-order valence-corrected chi connectivity index (χ4v) is 4.45. The Morgan fingerprint density at radius 2 is 1.92 bits per heavy atom. The molecule has 2 aliphatic rings. The summed E-state index contributed by atoms with van der Waals surface area (Å²) >= 11 is 0. The topological polar surface area (TPSA) is 49.8 Å². The van der Waals surface area contributed by atoms with E-state index in [1.165, 1.54) is 42.3 Å². The second-order valence-electron chi connectivity index (χ2n) is 6.93. The van der Waals surface area contributed by atoms with Crippen molar-refractivity contribution in [2.75, 3.05) is 12.0 Å². The van der Waals surface area contributed by atoms with Gasteiger partial charge in [-0.2, -0.15) is 0 Å². The quantitative estimate of drug-likeness (QED) is 0.830.